The third-order valence-electron chi connectivity index (χ3n) is 5.66. The number of alkyl halides is 3. The molecule has 2 aliphatic rings. The van der Waals surface area contributed by atoms with Gasteiger partial charge < -0.3 is 15.2 Å². The number of halogens is 3. The Hall–Kier alpha value is -2.32. The molecule has 9 heteroatoms. The van der Waals surface area contributed by atoms with Crippen molar-refractivity contribution < 1.29 is 27.6 Å². The molecule has 0 radical (unpaired) electrons. The second-order valence-corrected chi connectivity index (χ2v) is 7.74. The number of amides is 2. The molecule has 1 unspecified atom stereocenters. The van der Waals surface area contributed by atoms with Crippen LogP contribution in [0.4, 0.5) is 13.2 Å². The maximum absolute atomic E-state index is 12.5. The number of hydrogen-bond donors (Lipinski definition) is 2. The number of nitrogens with one attached hydrogen (secondary N) is 2. The fourth-order valence-electron chi connectivity index (χ4n) is 3.84. The van der Waals surface area contributed by atoms with Gasteiger partial charge in [-0.3, -0.25) is 14.4 Å². The molecule has 4 atom stereocenters. The molecule has 1 aliphatic carbocycles. The molecule has 154 valence electrons. The minimum atomic E-state index is -4.97. The van der Waals surface area contributed by atoms with Gasteiger partial charge in [-0.05, 0) is 12.5 Å². The Balaban J connectivity index is 1.51. The van der Waals surface area contributed by atoms with Gasteiger partial charge in [0, 0.05) is 48.6 Å². The summed E-state index contributed by atoms with van der Waals surface area (Å²) in [5, 5.41) is 3.05. The number of rotatable bonds is 7. The van der Waals surface area contributed by atoms with Crippen LogP contribution in [0.5, 0.6) is 0 Å². The Morgan fingerprint density at radius 2 is 1.93 bits per heavy atom. The molecule has 2 N–H and O–H groups in total. The largest absolute Gasteiger partial charge is 0.454 e. The first-order chi connectivity index (χ1) is 13.1. The molecule has 2 heterocycles. The predicted octanol–water partition coefficient (Wildman–Crippen LogP) is 2.77. The molecule has 2 fully saturated rings. The second kappa shape index (κ2) is 7.60. The maximum atomic E-state index is 12.5. The van der Waals surface area contributed by atoms with Gasteiger partial charge in [-0.15, -0.1) is 0 Å². The zero-order valence-electron chi connectivity index (χ0n) is 15.8. The van der Waals surface area contributed by atoms with Gasteiger partial charge in [0.15, 0.2) is 0 Å². The lowest BCUT2D eigenvalue weighted by Crippen LogP contribution is -2.39. The minimum absolute atomic E-state index is 0.0328. The topological polar surface area (TPSA) is 82.3 Å². The summed E-state index contributed by atoms with van der Waals surface area (Å²) < 4.78 is 37.4. The van der Waals surface area contributed by atoms with Crippen molar-refractivity contribution in [3.63, 3.8) is 0 Å². The summed E-state index contributed by atoms with van der Waals surface area (Å²) in [4.78, 5) is 39.9. The Labute approximate surface area is 160 Å². The van der Waals surface area contributed by atoms with Crippen molar-refractivity contribution in [1.29, 1.82) is 0 Å². The standard InChI is InChI=1S/C19H24F3N3O3/c1-3-4-5-10(2)17(27)24-15-12-8-25(9-13(12)15)18(28)14-6-11(7-23-14)16(26)19(20,21)22/h6-7,10,12-13,15,23H,3-5,8-9H2,1-2H3,(H,24,27)/t10-,12-,13+,15?/m0/s1. The number of ketones is 1. The van der Waals surface area contributed by atoms with Crippen LogP contribution in [-0.4, -0.2) is 52.8 Å². The quantitative estimate of drug-likeness (QED) is 0.692. The molecule has 28 heavy (non-hydrogen) atoms. The lowest BCUT2D eigenvalue weighted by Gasteiger charge is -2.20. The van der Waals surface area contributed by atoms with Crippen LogP contribution in [0.2, 0.25) is 0 Å². The SMILES string of the molecule is CCCC[C@H](C)C(=O)NC1[C@H]2CN(C(=O)c3cc(C(=O)C(F)(F)F)c[nH]3)C[C@@H]12. The van der Waals surface area contributed by atoms with Gasteiger partial charge in [0.1, 0.15) is 5.69 Å². The molecule has 1 aliphatic heterocycles. The van der Waals surface area contributed by atoms with E-state index in [1.54, 1.807) is 4.90 Å². The number of carbonyl (C=O) groups excluding carboxylic acids is 3. The van der Waals surface area contributed by atoms with E-state index in [2.05, 4.69) is 17.2 Å². The summed E-state index contributed by atoms with van der Waals surface area (Å²) in [5.74, 6) is -2.06. The monoisotopic (exact) mass is 399 g/mol. The number of aromatic nitrogens is 1. The number of likely N-dealkylation sites (tertiary alicyclic amines) is 1. The smallest absolute Gasteiger partial charge is 0.356 e. The molecule has 6 nitrogen and oxygen atoms in total. The first kappa shape index (κ1) is 20.4. The van der Waals surface area contributed by atoms with Gasteiger partial charge in [-0.1, -0.05) is 26.7 Å². The van der Waals surface area contributed by atoms with E-state index in [4.69, 9.17) is 0 Å². The van der Waals surface area contributed by atoms with Crippen molar-refractivity contribution in [1.82, 2.24) is 15.2 Å². The average molecular weight is 399 g/mol. The molecule has 3 rings (SSSR count). The Morgan fingerprint density at radius 1 is 1.29 bits per heavy atom. The van der Waals surface area contributed by atoms with Crippen LogP contribution >= 0.6 is 0 Å². The van der Waals surface area contributed by atoms with E-state index < -0.39 is 23.4 Å². The number of fused-ring (bicyclic) bond motifs is 1. The molecule has 1 aromatic rings. The minimum Gasteiger partial charge on any atom is -0.356 e. The molecule has 1 saturated heterocycles. The molecular weight excluding hydrogens is 375 g/mol. The van der Waals surface area contributed by atoms with Gasteiger partial charge in [0.05, 0.1) is 0 Å². The maximum Gasteiger partial charge on any atom is 0.454 e. The van der Waals surface area contributed by atoms with Crippen molar-refractivity contribution >= 4 is 17.6 Å². The highest BCUT2D eigenvalue weighted by Gasteiger charge is 2.57. The lowest BCUT2D eigenvalue weighted by atomic mass is 10.0. The molecule has 0 bridgehead atoms. The van der Waals surface area contributed by atoms with Gasteiger partial charge in [-0.2, -0.15) is 13.2 Å². The summed E-state index contributed by atoms with van der Waals surface area (Å²) in [7, 11) is 0. The van der Waals surface area contributed by atoms with E-state index in [9.17, 15) is 27.6 Å². The van der Waals surface area contributed by atoms with Gasteiger partial charge in [0.2, 0.25) is 5.91 Å². The number of hydrogen-bond acceptors (Lipinski definition) is 3. The number of carbonyl (C=O) groups is 3. The van der Waals surface area contributed by atoms with E-state index >= 15 is 0 Å². The molecule has 0 aromatic carbocycles. The summed E-state index contributed by atoms with van der Waals surface area (Å²) in [6.45, 7) is 4.87. The van der Waals surface area contributed by atoms with Crippen LogP contribution in [0, 0.1) is 17.8 Å². The van der Waals surface area contributed by atoms with Crippen molar-refractivity contribution in [3.05, 3.63) is 23.5 Å². The van der Waals surface area contributed by atoms with E-state index in [0.717, 1.165) is 31.5 Å². The number of aromatic amines is 1. The molecule has 1 saturated carbocycles. The first-order valence-corrected chi connectivity index (χ1v) is 9.53. The van der Waals surface area contributed by atoms with Crippen molar-refractivity contribution in [3.8, 4) is 0 Å². The number of nitrogens with zero attached hydrogens (tertiary/aromatic N) is 1. The van der Waals surface area contributed by atoms with Crippen LogP contribution in [-0.2, 0) is 4.79 Å². The molecule has 2 amide bonds. The van der Waals surface area contributed by atoms with E-state index in [1.807, 2.05) is 6.92 Å². The van der Waals surface area contributed by atoms with Crippen LogP contribution in [0.25, 0.3) is 0 Å². The van der Waals surface area contributed by atoms with Crippen molar-refractivity contribution in [2.75, 3.05) is 13.1 Å². The Bertz CT molecular complexity index is 762. The zero-order valence-corrected chi connectivity index (χ0v) is 15.8. The van der Waals surface area contributed by atoms with Gasteiger partial charge >= 0.3 is 6.18 Å². The van der Waals surface area contributed by atoms with Gasteiger partial charge in [0.25, 0.3) is 11.7 Å². The zero-order chi connectivity index (χ0) is 20.6. The number of unbranched alkanes of at least 4 members (excludes halogenated alkanes) is 1. The number of Topliss-reactive ketones (excluding diaryl/α,β-unsaturated/α-hetero) is 1. The molecular formula is C19H24F3N3O3. The summed E-state index contributed by atoms with van der Waals surface area (Å²) in [6.07, 6.45) is -1.18. The first-order valence-electron chi connectivity index (χ1n) is 9.53. The molecule has 1 aromatic heterocycles. The summed E-state index contributed by atoms with van der Waals surface area (Å²) in [5.41, 5.74) is -0.617. The normalized spacial score (nSPS) is 24.6. The van der Waals surface area contributed by atoms with E-state index in [1.165, 1.54) is 0 Å². The Kier molecular flexibility index (Phi) is 5.54. The number of piperidine rings is 1. The average Bonchev–Trinajstić information content (AvgIpc) is 3.04. The van der Waals surface area contributed by atoms with Crippen molar-refractivity contribution in [2.24, 2.45) is 17.8 Å². The number of H-pyrrole nitrogens is 1. The van der Waals surface area contributed by atoms with Crippen LogP contribution < -0.4 is 5.32 Å². The summed E-state index contributed by atoms with van der Waals surface area (Å²) in [6, 6.07) is 1.00. The second-order valence-electron chi connectivity index (χ2n) is 7.74. The summed E-state index contributed by atoms with van der Waals surface area (Å²) >= 11 is 0. The van der Waals surface area contributed by atoms with Crippen LogP contribution in [0.1, 0.15) is 54.0 Å². The highest BCUT2D eigenvalue weighted by Crippen LogP contribution is 2.46. The lowest BCUT2D eigenvalue weighted by molar-refractivity contribution is -0.125. The fraction of sp³-hybridized carbons (Fsp3) is 0.632. The molecule has 0 spiro atoms. The van der Waals surface area contributed by atoms with Gasteiger partial charge in [-0.25, -0.2) is 0 Å². The third-order valence-corrected chi connectivity index (χ3v) is 5.66. The predicted molar refractivity (Wildman–Crippen MR) is 94.7 cm³/mol. The van der Waals surface area contributed by atoms with Crippen LogP contribution in [0.15, 0.2) is 12.3 Å². The highest BCUT2D eigenvalue weighted by molar-refractivity contribution is 6.03. The third kappa shape index (κ3) is 4.07. The van der Waals surface area contributed by atoms with E-state index in [-0.39, 0.29) is 35.4 Å². The highest BCUT2D eigenvalue weighted by atomic mass is 19.4. The fourth-order valence-corrected chi connectivity index (χ4v) is 3.84. The van der Waals surface area contributed by atoms with Crippen molar-refractivity contribution in [2.45, 2.75) is 45.3 Å². The van der Waals surface area contributed by atoms with Crippen LogP contribution in [0.3, 0.4) is 0 Å². The Morgan fingerprint density at radius 3 is 2.50 bits per heavy atom. The van der Waals surface area contributed by atoms with E-state index in [0.29, 0.717) is 13.1 Å².